The molecule has 1 fully saturated rings. The number of sulfonamides is 1. The van der Waals surface area contributed by atoms with E-state index in [-0.39, 0.29) is 35.3 Å². The molecule has 0 unspecified atom stereocenters. The molecule has 1 aliphatic heterocycles. The molecule has 1 aromatic heterocycles. The molecule has 0 spiro atoms. The number of para-hydroxylation sites is 1. The molecule has 1 aliphatic rings. The van der Waals surface area contributed by atoms with Gasteiger partial charge in [0, 0.05) is 25.6 Å². The van der Waals surface area contributed by atoms with Gasteiger partial charge in [0.2, 0.25) is 15.9 Å². The van der Waals surface area contributed by atoms with Gasteiger partial charge in [-0.25, -0.2) is 17.8 Å². The lowest BCUT2D eigenvalue weighted by Crippen LogP contribution is -2.45. The average Bonchev–Trinajstić information content (AvgIpc) is 3.31. The molecular weight excluding hydrogens is 503 g/mol. The molecule has 194 valence electrons. The number of benzene rings is 2. The Morgan fingerprint density at radius 1 is 1.14 bits per heavy atom. The van der Waals surface area contributed by atoms with E-state index < -0.39 is 15.8 Å². The number of fused-ring (bicyclic) bond motifs is 1. The predicted octanol–water partition coefficient (Wildman–Crippen LogP) is 3.83. The van der Waals surface area contributed by atoms with Crippen LogP contribution in [0.3, 0.4) is 0 Å². The van der Waals surface area contributed by atoms with Gasteiger partial charge in [-0.3, -0.25) is 9.69 Å². The van der Waals surface area contributed by atoms with Crippen molar-refractivity contribution in [3.8, 4) is 5.75 Å². The number of nitrogens with zero attached hydrogens (tertiary/aromatic N) is 4. The summed E-state index contributed by atoms with van der Waals surface area (Å²) in [5.41, 5.74) is 0.267. The first kappa shape index (κ1) is 26.5. The van der Waals surface area contributed by atoms with E-state index in [1.807, 2.05) is 19.0 Å². The van der Waals surface area contributed by atoms with Crippen LogP contribution in [0, 0.1) is 11.7 Å². The lowest BCUT2D eigenvalue weighted by Gasteiger charge is -2.33. The van der Waals surface area contributed by atoms with Gasteiger partial charge in [0.15, 0.2) is 5.13 Å². The first-order valence-corrected chi connectivity index (χ1v) is 14.1. The van der Waals surface area contributed by atoms with Crippen molar-refractivity contribution in [2.45, 2.75) is 24.2 Å². The number of anilines is 1. The van der Waals surface area contributed by atoms with Crippen LogP contribution in [0.2, 0.25) is 0 Å². The van der Waals surface area contributed by atoms with E-state index in [9.17, 15) is 17.6 Å². The molecule has 11 heteroatoms. The Kier molecular flexibility index (Phi) is 8.23. The number of halogens is 1. The van der Waals surface area contributed by atoms with Crippen LogP contribution in [0.1, 0.15) is 19.3 Å². The van der Waals surface area contributed by atoms with Gasteiger partial charge < -0.3 is 9.64 Å². The first-order chi connectivity index (χ1) is 17.2. The van der Waals surface area contributed by atoms with Gasteiger partial charge in [-0.1, -0.05) is 17.4 Å². The third kappa shape index (κ3) is 5.69. The highest BCUT2D eigenvalue weighted by atomic mass is 32.2. The minimum Gasteiger partial charge on any atom is -0.497 e. The summed E-state index contributed by atoms with van der Waals surface area (Å²) in [6.07, 6.45) is 1.57. The van der Waals surface area contributed by atoms with E-state index in [1.165, 1.54) is 41.0 Å². The Morgan fingerprint density at radius 3 is 2.44 bits per heavy atom. The first-order valence-electron chi connectivity index (χ1n) is 11.9. The third-order valence-electron chi connectivity index (χ3n) is 6.34. The summed E-state index contributed by atoms with van der Waals surface area (Å²) in [6, 6.07) is 11.1. The lowest BCUT2D eigenvalue weighted by atomic mass is 9.96. The quantitative estimate of drug-likeness (QED) is 0.415. The van der Waals surface area contributed by atoms with Crippen molar-refractivity contribution in [3.63, 3.8) is 0 Å². The second-order valence-corrected chi connectivity index (χ2v) is 12.0. The number of amides is 1. The smallest absolute Gasteiger partial charge is 0.243 e. The van der Waals surface area contributed by atoms with Gasteiger partial charge >= 0.3 is 0 Å². The van der Waals surface area contributed by atoms with Crippen molar-refractivity contribution in [1.29, 1.82) is 0 Å². The third-order valence-corrected chi connectivity index (χ3v) is 9.30. The number of rotatable bonds is 9. The van der Waals surface area contributed by atoms with E-state index in [2.05, 4.69) is 4.98 Å². The van der Waals surface area contributed by atoms with Crippen molar-refractivity contribution in [2.75, 3.05) is 52.3 Å². The topological polar surface area (TPSA) is 83.0 Å². The normalized spacial score (nSPS) is 15.5. The highest BCUT2D eigenvalue weighted by Crippen LogP contribution is 2.33. The van der Waals surface area contributed by atoms with Crippen LogP contribution in [-0.2, 0) is 14.8 Å². The number of piperidine rings is 1. The van der Waals surface area contributed by atoms with Gasteiger partial charge in [-0.05, 0) is 76.3 Å². The fraction of sp³-hybridized carbons (Fsp3) is 0.440. The van der Waals surface area contributed by atoms with Crippen molar-refractivity contribution >= 4 is 42.6 Å². The zero-order chi connectivity index (χ0) is 25.9. The molecule has 1 amide bonds. The maximum atomic E-state index is 14.3. The molecule has 1 saturated heterocycles. The Labute approximate surface area is 215 Å². The Morgan fingerprint density at radius 2 is 1.83 bits per heavy atom. The number of thiazole rings is 1. The van der Waals surface area contributed by atoms with E-state index in [0.29, 0.717) is 35.0 Å². The minimum atomic E-state index is -3.66. The van der Waals surface area contributed by atoms with Crippen LogP contribution in [0.25, 0.3) is 10.2 Å². The van der Waals surface area contributed by atoms with E-state index >= 15 is 0 Å². The van der Waals surface area contributed by atoms with Gasteiger partial charge in [-0.2, -0.15) is 4.31 Å². The summed E-state index contributed by atoms with van der Waals surface area (Å²) in [7, 11) is 1.81. The molecule has 2 aromatic carbocycles. The molecule has 0 atom stereocenters. The fourth-order valence-corrected chi connectivity index (χ4v) is 6.81. The van der Waals surface area contributed by atoms with Crippen molar-refractivity contribution in [2.24, 2.45) is 5.92 Å². The van der Waals surface area contributed by atoms with Crippen molar-refractivity contribution in [3.05, 3.63) is 48.3 Å². The summed E-state index contributed by atoms with van der Waals surface area (Å²) in [4.78, 5) is 22.0. The van der Waals surface area contributed by atoms with Gasteiger partial charge in [-0.15, -0.1) is 0 Å². The molecule has 0 saturated carbocycles. The standard InChI is InChI=1S/C25H31FN4O4S2/c1-28(2)14-5-15-30(25-27-23-21(26)6-4-7-22(23)35-25)24(31)18-12-16-29(17-13-18)36(32,33)20-10-8-19(34-3)9-11-20/h4,6-11,18H,5,12-17H2,1-3H3. The SMILES string of the molecule is COc1ccc(S(=O)(=O)N2CCC(C(=O)N(CCCN(C)C)c3nc4c(F)cccc4s3)CC2)cc1. The fourth-order valence-electron chi connectivity index (χ4n) is 4.32. The lowest BCUT2D eigenvalue weighted by molar-refractivity contribution is -0.123. The second kappa shape index (κ2) is 11.2. The van der Waals surface area contributed by atoms with Crippen LogP contribution in [0.15, 0.2) is 47.4 Å². The van der Waals surface area contributed by atoms with Crippen LogP contribution >= 0.6 is 11.3 Å². The van der Waals surface area contributed by atoms with Crippen LogP contribution in [0.4, 0.5) is 9.52 Å². The number of hydrogen-bond donors (Lipinski definition) is 0. The van der Waals surface area contributed by atoms with E-state index in [0.717, 1.165) is 13.0 Å². The van der Waals surface area contributed by atoms with Gasteiger partial charge in [0.05, 0.1) is 16.7 Å². The van der Waals surface area contributed by atoms with Gasteiger partial charge in [0.1, 0.15) is 17.1 Å². The number of ether oxygens (including phenoxy) is 1. The second-order valence-electron chi connectivity index (χ2n) is 9.08. The largest absolute Gasteiger partial charge is 0.497 e. The Balaban J connectivity index is 1.49. The average molecular weight is 535 g/mol. The zero-order valence-electron chi connectivity index (χ0n) is 20.7. The summed E-state index contributed by atoms with van der Waals surface area (Å²) in [5, 5.41) is 0.479. The molecular formula is C25H31FN4O4S2. The summed E-state index contributed by atoms with van der Waals surface area (Å²) >= 11 is 1.30. The number of methoxy groups -OCH3 is 1. The zero-order valence-corrected chi connectivity index (χ0v) is 22.3. The molecule has 0 radical (unpaired) electrons. The molecule has 36 heavy (non-hydrogen) atoms. The maximum absolute atomic E-state index is 14.3. The van der Waals surface area contributed by atoms with Crippen LogP contribution in [0.5, 0.6) is 5.75 Å². The molecule has 0 N–H and O–H groups in total. The summed E-state index contributed by atoms with van der Waals surface area (Å²) < 4.78 is 47.7. The Bertz CT molecular complexity index is 1300. The molecule has 3 aromatic rings. The molecule has 4 rings (SSSR count). The summed E-state index contributed by atoms with van der Waals surface area (Å²) in [6.45, 7) is 1.76. The highest BCUT2D eigenvalue weighted by molar-refractivity contribution is 7.89. The van der Waals surface area contributed by atoms with Crippen molar-refractivity contribution in [1.82, 2.24) is 14.2 Å². The molecule has 0 aliphatic carbocycles. The number of carbonyl (C=O) groups is 1. The molecule has 8 nitrogen and oxygen atoms in total. The van der Waals surface area contributed by atoms with E-state index in [1.54, 1.807) is 29.2 Å². The number of carbonyl (C=O) groups excluding carboxylic acids is 1. The van der Waals surface area contributed by atoms with Crippen molar-refractivity contribution < 1.29 is 22.3 Å². The highest BCUT2D eigenvalue weighted by Gasteiger charge is 2.35. The van der Waals surface area contributed by atoms with Crippen LogP contribution in [-0.4, -0.2) is 75.9 Å². The molecule has 2 heterocycles. The summed E-state index contributed by atoms with van der Waals surface area (Å²) in [5.74, 6) is -0.242. The number of hydrogen-bond acceptors (Lipinski definition) is 7. The predicted molar refractivity (Wildman–Crippen MR) is 140 cm³/mol. The van der Waals surface area contributed by atoms with Gasteiger partial charge in [0.25, 0.3) is 0 Å². The maximum Gasteiger partial charge on any atom is 0.243 e. The van der Waals surface area contributed by atoms with E-state index in [4.69, 9.17) is 4.74 Å². The molecule has 0 bridgehead atoms. The Hall–Kier alpha value is -2.60. The number of aromatic nitrogens is 1. The van der Waals surface area contributed by atoms with Crippen LogP contribution < -0.4 is 9.64 Å². The monoisotopic (exact) mass is 534 g/mol. The minimum absolute atomic E-state index is 0.0882.